The van der Waals surface area contributed by atoms with E-state index in [2.05, 4.69) is 5.32 Å². The molecule has 2 amide bonds. The van der Waals surface area contributed by atoms with Crippen LogP contribution in [-0.2, 0) is 17.1 Å². The summed E-state index contributed by atoms with van der Waals surface area (Å²) in [6.07, 6.45) is 4.15. The zero-order valence-corrected chi connectivity index (χ0v) is 21.8. The SMILES string of the molecule is CC(C)N(C(=O)c1cc(NC(=O)c2ccc(S(=O)(=O)N3CCCCC3)cc2)c(=O)n(C)c1)C(C)C. The number of piperidine rings is 1. The van der Waals surface area contributed by atoms with Crippen LogP contribution in [0.3, 0.4) is 0 Å². The van der Waals surface area contributed by atoms with E-state index in [4.69, 9.17) is 0 Å². The second-order valence-electron chi connectivity index (χ2n) is 9.40. The standard InChI is InChI=1S/C25H34N4O5S/c1-17(2)29(18(3)4)24(31)20-15-22(25(32)27(5)16-20)26-23(30)19-9-11-21(12-10-19)35(33,34)28-13-7-6-8-14-28/h9-12,15-18H,6-8,13-14H2,1-5H3,(H,26,30). The van der Waals surface area contributed by atoms with Crippen molar-refractivity contribution in [3.8, 4) is 0 Å². The van der Waals surface area contributed by atoms with Gasteiger partial charge >= 0.3 is 0 Å². The molecule has 0 aliphatic carbocycles. The van der Waals surface area contributed by atoms with Crippen LogP contribution in [0.4, 0.5) is 5.69 Å². The van der Waals surface area contributed by atoms with Gasteiger partial charge in [0.2, 0.25) is 10.0 Å². The van der Waals surface area contributed by atoms with E-state index in [1.165, 1.54) is 52.4 Å². The number of nitrogens with zero attached hydrogens (tertiary/aromatic N) is 3. The third-order valence-electron chi connectivity index (χ3n) is 6.09. The zero-order chi connectivity index (χ0) is 25.9. The lowest BCUT2D eigenvalue weighted by Gasteiger charge is -2.31. The fourth-order valence-corrected chi connectivity index (χ4v) is 5.88. The number of aromatic nitrogens is 1. The van der Waals surface area contributed by atoms with Gasteiger partial charge in [-0.05, 0) is 70.9 Å². The molecule has 9 nitrogen and oxygen atoms in total. The van der Waals surface area contributed by atoms with Crippen LogP contribution in [0.15, 0.2) is 46.2 Å². The lowest BCUT2D eigenvalue weighted by Crippen LogP contribution is -2.42. The number of carbonyl (C=O) groups is 2. The van der Waals surface area contributed by atoms with Crippen LogP contribution in [0, 0.1) is 0 Å². The third-order valence-corrected chi connectivity index (χ3v) is 8.01. The Morgan fingerprint density at radius 2 is 1.51 bits per heavy atom. The molecule has 2 heterocycles. The summed E-state index contributed by atoms with van der Waals surface area (Å²) in [6, 6.07) is 6.95. The largest absolute Gasteiger partial charge is 0.334 e. The molecule has 0 unspecified atom stereocenters. The minimum atomic E-state index is -3.61. The van der Waals surface area contributed by atoms with Crippen molar-refractivity contribution in [2.45, 2.75) is 63.9 Å². The highest BCUT2D eigenvalue weighted by Gasteiger charge is 2.26. The Morgan fingerprint density at radius 3 is 2.06 bits per heavy atom. The number of benzene rings is 1. The van der Waals surface area contributed by atoms with Gasteiger partial charge < -0.3 is 14.8 Å². The summed E-state index contributed by atoms with van der Waals surface area (Å²) >= 11 is 0. The van der Waals surface area contributed by atoms with E-state index in [1.807, 2.05) is 27.7 Å². The Balaban J connectivity index is 1.83. The molecule has 1 aromatic heterocycles. The number of hydrogen-bond donors (Lipinski definition) is 1. The van der Waals surface area contributed by atoms with Crippen molar-refractivity contribution in [3.63, 3.8) is 0 Å². The molecule has 0 radical (unpaired) electrons. The molecule has 0 bridgehead atoms. The smallest absolute Gasteiger partial charge is 0.274 e. The number of hydrogen-bond acceptors (Lipinski definition) is 5. The number of nitrogens with one attached hydrogen (secondary N) is 1. The maximum absolute atomic E-state index is 13.1. The lowest BCUT2D eigenvalue weighted by atomic mass is 10.1. The summed E-state index contributed by atoms with van der Waals surface area (Å²) in [5.41, 5.74) is 0.000745. The van der Waals surface area contributed by atoms with E-state index in [1.54, 1.807) is 4.90 Å². The van der Waals surface area contributed by atoms with Gasteiger partial charge in [-0.15, -0.1) is 0 Å². The zero-order valence-electron chi connectivity index (χ0n) is 20.9. The van der Waals surface area contributed by atoms with Crippen LogP contribution in [0.5, 0.6) is 0 Å². The van der Waals surface area contributed by atoms with Crippen molar-refractivity contribution in [2.24, 2.45) is 7.05 Å². The summed E-state index contributed by atoms with van der Waals surface area (Å²) in [4.78, 5) is 40.4. The summed E-state index contributed by atoms with van der Waals surface area (Å²) in [7, 11) is -2.09. The van der Waals surface area contributed by atoms with Crippen molar-refractivity contribution in [3.05, 3.63) is 58.0 Å². The highest BCUT2D eigenvalue weighted by atomic mass is 32.2. The van der Waals surface area contributed by atoms with Gasteiger partial charge in [0.25, 0.3) is 17.4 Å². The quantitative estimate of drug-likeness (QED) is 0.626. The molecular weight excluding hydrogens is 468 g/mol. The maximum Gasteiger partial charge on any atom is 0.274 e. The van der Waals surface area contributed by atoms with Gasteiger partial charge in [-0.25, -0.2) is 8.42 Å². The highest BCUT2D eigenvalue weighted by Crippen LogP contribution is 2.21. The minimum absolute atomic E-state index is 0.0270. The Hall–Kier alpha value is -2.98. The molecule has 2 aromatic rings. The molecular formula is C25H34N4O5S. The van der Waals surface area contributed by atoms with Gasteiger partial charge in [-0.3, -0.25) is 14.4 Å². The lowest BCUT2D eigenvalue weighted by molar-refractivity contribution is 0.0642. The Kier molecular flexibility index (Phi) is 8.17. The fourth-order valence-electron chi connectivity index (χ4n) is 4.36. The van der Waals surface area contributed by atoms with Gasteiger partial charge in [0, 0.05) is 44.0 Å². The van der Waals surface area contributed by atoms with Crippen molar-refractivity contribution in [1.82, 2.24) is 13.8 Å². The molecule has 0 spiro atoms. The average molecular weight is 503 g/mol. The first-order valence-corrected chi connectivity index (χ1v) is 13.3. The Labute approximate surface area is 206 Å². The van der Waals surface area contributed by atoms with Crippen LogP contribution in [0.1, 0.15) is 67.7 Å². The van der Waals surface area contributed by atoms with Crippen LogP contribution in [0.25, 0.3) is 0 Å². The molecule has 0 saturated carbocycles. The number of pyridine rings is 1. The minimum Gasteiger partial charge on any atom is -0.334 e. The van der Waals surface area contributed by atoms with E-state index >= 15 is 0 Å². The molecule has 190 valence electrons. The summed E-state index contributed by atoms with van der Waals surface area (Å²) in [5.74, 6) is -0.813. The van der Waals surface area contributed by atoms with Gasteiger partial charge in [0.15, 0.2) is 0 Å². The van der Waals surface area contributed by atoms with Gasteiger partial charge in [0.05, 0.1) is 10.5 Å². The molecule has 1 fully saturated rings. The summed E-state index contributed by atoms with van der Waals surface area (Å²) in [6.45, 7) is 8.65. The molecule has 1 aliphatic heterocycles. The molecule has 35 heavy (non-hydrogen) atoms. The normalized spacial score (nSPS) is 14.8. The maximum atomic E-state index is 13.1. The number of aryl methyl sites for hydroxylation is 1. The number of anilines is 1. The van der Waals surface area contributed by atoms with E-state index < -0.39 is 21.5 Å². The summed E-state index contributed by atoms with van der Waals surface area (Å²) < 4.78 is 28.4. The first-order chi connectivity index (χ1) is 16.4. The molecule has 3 rings (SSSR count). The highest BCUT2D eigenvalue weighted by molar-refractivity contribution is 7.89. The second kappa shape index (κ2) is 10.7. The molecule has 1 N–H and O–H groups in total. The Morgan fingerprint density at radius 1 is 0.943 bits per heavy atom. The molecule has 10 heteroatoms. The molecule has 1 aromatic carbocycles. The predicted octanol–water partition coefficient (Wildman–Crippen LogP) is 3.07. The van der Waals surface area contributed by atoms with E-state index in [9.17, 15) is 22.8 Å². The number of sulfonamides is 1. The number of rotatable bonds is 7. The first kappa shape index (κ1) is 26.6. The average Bonchev–Trinajstić information content (AvgIpc) is 2.82. The summed E-state index contributed by atoms with van der Waals surface area (Å²) in [5, 5.41) is 2.58. The van der Waals surface area contributed by atoms with Gasteiger partial charge in [-0.1, -0.05) is 6.42 Å². The van der Waals surface area contributed by atoms with Crippen LogP contribution >= 0.6 is 0 Å². The molecule has 1 saturated heterocycles. The predicted molar refractivity (Wildman–Crippen MR) is 135 cm³/mol. The Bertz CT molecular complexity index is 1240. The monoisotopic (exact) mass is 502 g/mol. The van der Waals surface area contributed by atoms with Crippen molar-refractivity contribution < 1.29 is 18.0 Å². The van der Waals surface area contributed by atoms with E-state index in [-0.39, 0.29) is 39.7 Å². The van der Waals surface area contributed by atoms with Crippen LogP contribution < -0.4 is 10.9 Å². The fraction of sp³-hybridized carbons (Fsp3) is 0.480. The second-order valence-corrected chi connectivity index (χ2v) is 11.3. The first-order valence-electron chi connectivity index (χ1n) is 11.9. The number of carbonyl (C=O) groups excluding carboxylic acids is 2. The topological polar surface area (TPSA) is 109 Å². The molecule has 1 aliphatic rings. The van der Waals surface area contributed by atoms with E-state index in [0.29, 0.717) is 13.1 Å². The molecule has 0 atom stereocenters. The van der Waals surface area contributed by atoms with Crippen molar-refractivity contribution >= 4 is 27.5 Å². The van der Waals surface area contributed by atoms with Crippen molar-refractivity contribution in [2.75, 3.05) is 18.4 Å². The van der Waals surface area contributed by atoms with Crippen LogP contribution in [-0.4, -0.2) is 59.2 Å². The van der Waals surface area contributed by atoms with Gasteiger partial charge in [0.1, 0.15) is 5.69 Å². The van der Waals surface area contributed by atoms with Gasteiger partial charge in [-0.2, -0.15) is 4.31 Å². The van der Waals surface area contributed by atoms with Crippen LogP contribution in [0.2, 0.25) is 0 Å². The number of amides is 2. The van der Waals surface area contributed by atoms with Crippen molar-refractivity contribution in [1.29, 1.82) is 0 Å². The van der Waals surface area contributed by atoms with E-state index in [0.717, 1.165) is 19.3 Å². The third kappa shape index (κ3) is 5.82.